The Labute approximate surface area is 274 Å². The molecule has 2 heterocycles. The van der Waals surface area contributed by atoms with E-state index in [1.165, 1.54) is 15.0 Å². The molecule has 2 unspecified atom stereocenters. The van der Waals surface area contributed by atoms with Crippen molar-refractivity contribution in [1.82, 2.24) is 19.5 Å². The Kier molecular flexibility index (Phi) is 9.74. The van der Waals surface area contributed by atoms with Gasteiger partial charge in [-0.1, -0.05) is 86.9 Å². The molecule has 4 rings (SSSR count). The number of benzene rings is 1. The van der Waals surface area contributed by atoms with E-state index in [1.54, 1.807) is 0 Å². The van der Waals surface area contributed by atoms with Crippen molar-refractivity contribution >= 4 is 23.4 Å². The van der Waals surface area contributed by atoms with Gasteiger partial charge < -0.3 is 14.4 Å². The Balaban J connectivity index is 1.89. The van der Waals surface area contributed by atoms with Crippen molar-refractivity contribution < 1.29 is 19.1 Å². The van der Waals surface area contributed by atoms with E-state index in [0.29, 0.717) is 18.9 Å². The standard InChI is InChI=1S/C37H53N5O4/c1-14-41(15-2)34(44)46-32-28(38-13)27(33(43)45-29-25(36(7,8)9)17-16-18-26(29)37(10,11)12)31-39-30(40-42(31)32)24-20-19-23(21-22(24)3)35(4,5)6/h19-21,25-26,29H,14-18H2,1-12H3,(H,39,40). The number of ether oxygens (including phenoxy) is 2. The normalized spacial score (nSPS) is 19.2. The van der Waals surface area contributed by atoms with E-state index in [4.69, 9.17) is 21.0 Å². The van der Waals surface area contributed by atoms with Crippen LogP contribution in [-0.4, -0.2) is 50.8 Å². The van der Waals surface area contributed by atoms with Crippen LogP contribution in [0.5, 0.6) is 5.88 Å². The topological polar surface area (TPSA) is 93.3 Å². The molecular weight excluding hydrogens is 578 g/mol. The molecule has 9 nitrogen and oxygen atoms in total. The zero-order chi connectivity index (χ0) is 34.4. The molecular formula is C37H53N5O4. The molecule has 0 aliphatic heterocycles. The van der Waals surface area contributed by atoms with Crippen LogP contribution in [0, 0.1) is 36.2 Å². The molecule has 0 saturated heterocycles. The van der Waals surface area contributed by atoms with Crippen molar-refractivity contribution in [3.63, 3.8) is 0 Å². The smallest absolute Gasteiger partial charge is 0.415 e. The lowest BCUT2D eigenvalue weighted by atomic mass is 9.61. The van der Waals surface area contributed by atoms with Gasteiger partial charge in [-0.05, 0) is 61.0 Å². The number of aromatic nitrogens is 3. The van der Waals surface area contributed by atoms with Crippen LogP contribution in [0.25, 0.3) is 21.9 Å². The fraction of sp³-hybridized carbons (Fsp3) is 0.622. The Morgan fingerprint density at radius 3 is 2.09 bits per heavy atom. The molecule has 2 atom stereocenters. The first kappa shape index (κ1) is 35.1. The summed E-state index contributed by atoms with van der Waals surface area (Å²) in [7, 11) is 0. The van der Waals surface area contributed by atoms with Crippen LogP contribution in [0.15, 0.2) is 18.2 Å². The minimum absolute atomic E-state index is 0.00898. The van der Waals surface area contributed by atoms with Crippen LogP contribution in [0.2, 0.25) is 0 Å². The summed E-state index contributed by atoms with van der Waals surface area (Å²) in [6.07, 6.45) is 2.03. The average Bonchev–Trinajstić information content (AvgIpc) is 3.49. The van der Waals surface area contributed by atoms with Crippen LogP contribution in [0.3, 0.4) is 0 Å². The van der Waals surface area contributed by atoms with Crippen LogP contribution >= 0.6 is 0 Å². The molecule has 1 saturated carbocycles. The third kappa shape index (κ3) is 6.82. The highest BCUT2D eigenvalue weighted by molar-refractivity contribution is 6.05. The Morgan fingerprint density at radius 2 is 1.61 bits per heavy atom. The second kappa shape index (κ2) is 12.8. The largest absolute Gasteiger partial charge is 0.459 e. The molecule has 46 heavy (non-hydrogen) atoms. The zero-order valence-electron chi connectivity index (χ0n) is 29.9. The van der Waals surface area contributed by atoms with E-state index >= 15 is 0 Å². The summed E-state index contributed by atoms with van der Waals surface area (Å²) in [6.45, 7) is 34.4. The summed E-state index contributed by atoms with van der Waals surface area (Å²) < 4.78 is 13.8. The van der Waals surface area contributed by atoms with Gasteiger partial charge in [0.2, 0.25) is 5.88 Å². The molecule has 1 amide bonds. The number of esters is 1. The van der Waals surface area contributed by atoms with Crippen molar-refractivity contribution in [3.8, 4) is 17.3 Å². The van der Waals surface area contributed by atoms with E-state index in [1.807, 2.05) is 26.8 Å². The number of carbonyl (C=O) groups is 2. The van der Waals surface area contributed by atoms with Gasteiger partial charge in [-0.3, -0.25) is 5.10 Å². The van der Waals surface area contributed by atoms with Gasteiger partial charge in [0, 0.05) is 30.5 Å². The molecule has 1 N–H and O–H groups in total. The van der Waals surface area contributed by atoms with Gasteiger partial charge in [0.05, 0.1) is 6.57 Å². The van der Waals surface area contributed by atoms with Gasteiger partial charge in [0.1, 0.15) is 11.7 Å². The molecule has 0 bridgehead atoms. The molecule has 3 aromatic rings. The summed E-state index contributed by atoms with van der Waals surface area (Å²) in [4.78, 5) is 37.7. The monoisotopic (exact) mass is 631 g/mol. The van der Waals surface area contributed by atoms with Crippen LogP contribution < -0.4 is 4.74 Å². The van der Waals surface area contributed by atoms with Gasteiger partial charge >= 0.3 is 12.1 Å². The number of H-pyrrole nitrogens is 1. The van der Waals surface area contributed by atoms with E-state index in [-0.39, 0.29) is 57.0 Å². The van der Waals surface area contributed by atoms with Crippen LogP contribution in [0.1, 0.15) is 117 Å². The van der Waals surface area contributed by atoms with Crippen LogP contribution in [0.4, 0.5) is 10.5 Å². The molecule has 0 spiro atoms. The van der Waals surface area contributed by atoms with Crippen molar-refractivity contribution in [2.24, 2.45) is 22.7 Å². The zero-order valence-corrected chi connectivity index (χ0v) is 29.9. The average molecular weight is 632 g/mol. The molecule has 1 fully saturated rings. The third-order valence-corrected chi connectivity index (χ3v) is 9.67. The van der Waals surface area contributed by atoms with Crippen molar-refractivity contribution in [2.45, 2.75) is 114 Å². The minimum atomic E-state index is -0.623. The van der Waals surface area contributed by atoms with Crippen molar-refractivity contribution in [1.29, 1.82) is 0 Å². The first-order valence-electron chi connectivity index (χ1n) is 16.6. The summed E-state index contributed by atoms with van der Waals surface area (Å²) in [5.74, 6) is 0.0866. The maximum absolute atomic E-state index is 14.4. The maximum Gasteiger partial charge on any atom is 0.415 e. The molecule has 1 aromatic carbocycles. The quantitative estimate of drug-likeness (QED) is 0.216. The number of nitrogens with one attached hydrogen (secondary N) is 1. The molecule has 2 aromatic heterocycles. The van der Waals surface area contributed by atoms with Crippen molar-refractivity contribution in [3.05, 3.63) is 46.3 Å². The number of nitrogens with zero attached hydrogens (tertiary/aromatic N) is 4. The van der Waals surface area contributed by atoms with Gasteiger partial charge in [0.25, 0.3) is 5.69 Å². The predicted molar refractivity (Wildman–Crippen MR) is 183 cm³/mol. The summed E-state index contributed by atoms with van der Waals surface area (Å²) in [5.41, 5.74) is 2.95. The number of aryl methyl sites for hydroxylation is 1. The second-order valence-corrected chi connectivity index (χ2v) is 15.9. The Morgan fingerprint density at radius 1 is 1.02 bits per heavy atom. The maximum atomic E-state index is 14.4. The van der Waals surface area contributed by atoms with Gasteiger partial charge in [0.15, 0.2) is 11.5 Å². The lowest BCUT2D eigenvalue weighted by Crippen LogP contribution is -2.47. The van der Waals surface area contributed by atoms with E-state index in [2.05, 4.69) is 84.4 Å². The molecule has 250 valence electrons. The van der Waals surface area contributed by atoms with Gasteiger partial charge in [-0.25, -0.2) is 23.9 Å². The summed E-state index contributed by atoms with van der Waals surface area (Å²) in [6, 6.07) is 6.22. The summed E-state index contributed by atoms with van der Waals surface area (Å²) in [5, 5.41) is 3.24. The number of amides is 1. The molecule has 0 radical (unpaired) electrons. The van der Waals surface area contributed by atoms with Gasteiger partial charge in [-0.2, -0.15) is 0 Å². The van der Waals surface area contributed by atoms with Gasteiger partial charge in [-0.15, -0.1) is 0 Å². The lowest BCUT2D eigenvalue weighted by Gasteiger charge is -2.48. The predicted octanol–water partition coefficient (Wildman–Crippen LogP) is 9.36. The second-order valence-electron chi connectivity index (χ2n) is 15.9. The Bertz CT molecular complexity index is 1610. The Hall–Kier alpha value is -3.80. The molecule has 9 heteroatoms. The number of carbonyl (C=O) groups excluding carboxylic acids is 2. The fourth-order valence-electron chi connectivity index (χ4n) is 6.87. The molecule has 1 aliphatic carbocycles. The highest BCUT2D eigenvalue weighted by Gasteiger charge is 2.47. The molecule has 1 aliphatic rings. The minimum Gasteiger partial charge on any atom is -0.459 e. The number of fused-ring (bicyclic) bond motifs is 1. The van der Waals surface area contributed by atoms with Crippen molar-refractivity contribution in [2.75, 3.05) is 13.1 Å². The number of rotatable bonds is 6. The lowest BCUT2D eigenvalue weighted by molar-refractivity contribution is -0.0802. The highest BCUT2D eigenvalue weighted by atomic mass is 16.6. The van der Waals surface area contributed by atoms with E-state index in [9.17, 15) is 9.59 Å². The van der Waals surface area contributed by atoms with Crippen LogP contribution in [-0.2, 0) is 10.2 Å². The number of aromatic amines is 1. The number of hydrogen-bond acceptors (Lipinski definition) is 5. The first-order valence-corrected chi connectivity index (χ1v) is 16.6. The number of hydrogen-bond donors (Lipinski definition) is 1. The first-order chi connectivity index (χ1) is 21.3. The van der Waals surface area contributed by atoms with E-state index in [0.717, 1.165) is 30.4 Å². The summed E-state index contributed by atoms with van der Waals surface area (Å²) >= 11 is 0. The van der Waals surface area contributed by atoms with E-state index < -0.39 is 12.1 Å². The third-order valence-electron chi connectivity index (χ3n) is 9.67. The SMILES string of the molecule is [C-]#[N+]c1c(C(=O)OC2C(C(C)(C)C)CCCC2C(C)(C)C)c2nc(-c3ccc(C(C)(C)C)cc3C)[nH]n2c1OC(=O)N(CC)CC. The fourth-order valence-corrected chi connectivity index (χ4v) is 6.87. The highest BCUT2D eigenvalue weighted by Crippen LogP contribution is 2.49.